The van der Waals surface area contributed by atoms with Crippen LogP contribution in [0.1, 0.15) is 43.9 Å². The van der Waals surface area contributed by atoms with Gasteiger partial charge in [-0.15, -0.1) is 0 Å². The number of pyridine rings is 1. The predicted molar refractivity (Wildman–Crippen MR) is 121 cm³/mol. The van der Waals surface area contributed by atoms with Crippen molar-refractivity contribution in [3.63, 3.8) is 0 Å². The number of urea groups is 1. The van der Waals surface area contributed by atoms with Crippen LogP contribution in [0.25, 0.3) is 10.9 Å². The highest BCUT2D eigenvalue weighted by atomic mass is 35.5. The van der Waals surface area contributed by atoms with Crippen LogP contribution in [0.2, 0.25) is 5.02 Å². The Balaban J connectivity index is 1.39. The van der Waals surface area contributed by atoms with Crippen LogP contribution in [0.15, 0.2) is 42.9 Å². The third kappa shape index (κ3) is 4.52. The maximum absolute atomic E-state index is 12.6. The van der Waals surface area contributed by atoms with Crippen molar-refractivity contribution in [3.05, 3.63) is 59.0 Å². The van der Waals surface area contributed by atoms with Gasteiger partial charge in [-0.2, -0.15) is 5.10 Å². The summed E-state index contributed by atoms with van der Waals surface area (Å²) in [5, 5.41) is 22.9. The van der Waals surface area contributed by atoms with Crippen LogP contribution >= 0.6 is 11.6 Å². The number of H-pyrrole nitrogens is 1. The van der Waals surface area contributed by atoms with Gasteiger partial charge in [0.1, 0.15) is 0 Å². The summed E-state index contributed by atoms with van der Waals surface area (Å²) in [7, 11) is 0. The van der Waals surface area contributed by atoms with E-state index in [0.29, 0.717) is 24.7 Å². The zero-order chi connectivity index (χ0) is 22.0. The lowest BCUT2D eigenvalue weighted by atomic mass is 9.68. The third-order valence-corrected chi connectivity index (χ3v) is 6.79. The summed E-state index contributed by atoms with van der Waals surface area (Å²) in [6.45, 7) is 5.99. The van der Waals surface area contributed by atoms with E-state index in [1.165, 1.54) is 0 Å². The number of aromatic nitrogens is 3. The Morgan fingerprint density at radius 2 is 2.03 bits per heavy atom. The maximum Gasteiger partial charge on any atom is 0.317 e. The van der Waals surface area contributed by atoms with Crippen molar-refractivity contribution in [1.82, 2.24) is 25.4 Å². The minimum atomic E-state index is -0.703. The van der Waals surface area contributed by atoms with Gasteiger partial charge in [-0.05, 0) is 54.0 Å². The Morgan fingerprint density at radius 1 is 1.32 bits per heavy atom. The van der Waals surface area contributed by atoms with E-state index in [2.05, 4.69) is 34.3 Å². The van der Waals surface area contributed by atoms with E-state index in [1.807, 2.05) is 29.2 Å². The Morgan fingerprint density at radius 3 is 2.74 bits per heavy atom. The minimum absolute atomic E-state index is 0.0531. The van der Waals surface area contributed by atoms with E-state index >= 15 is 0 Å². The van der Waals surface area contributed by atoms with Gasteiger partial charge in [-0.1, -0.05) is 25.4 Å². The molecule has 1 fully saturated rings. The van der Waals surface area contributed by atoms with Crippen LogP contribution < -0.4 is 5.32 Å². The Kier molecular flexibility index (Phi) is 6.16. The fourth-order valence-corrected chi connectivity index (χ4v) is 4.74. The SMILES string of the molecule is CC(C)(C1CCN(C(=O)NCc2ccncc2)CC1)[C@H](O)c1cc(Cl)cc2cn[nH]c12. The molecule has 8 heteroatoms. The molecule has 31 heavy (non-hydrogen) atoms. The molecule has 1 aliphatic heterocycles. The van der Waals surface area contributed by atoms with Gasteiger partial charge in [-0.25, -0.2) is 4.79 Å². The summed E-state index contributed by atoms with van der Waals surface area (Å²) < 4.78 is 0. The maximum atomic E-state index is 12.6. The minimum Gasteiger partial charge on any atom is -0.388 e. The lowest BCUT2D eigenvalue weighted by Gasteiger charge is -2.43. The van der Waals surface area contributed by atoms with Crippen molar-refractivity contribution >= 4 is 28.5 Å². The number of amides is 2. The van der Waals surface area contributed by atoms with Gasteiger partial charge >= 0.3 is 6.03 Å². The van der Waals surface area contributed by atoms with Crippen LogP contribution in [0, 0.1) is 11.3 Å². The van der Waals surface area contributed by atoms with Gasteiger partial charge in [-0.3, -0.25) is 10.1 Å². The number of hydrogen-bond donors (Lipinski definition) is 3. The smallest absolute Gasteiger partial charge is 0.317 e. The number of nitrogens with zero attached hydrogens (tertiary/aromatic N) is 3. The summed E-state index contributed by atoms with van der Waals surface area (Å²) in [6, 6.07) is 7.39. The molecule has 3 N–H and O–H groups in total. The van der Waals surface area contributed by atoms with Crippen LogP contribution in [-0.2, 0) is 6.54 Å². The zero-order valence-electron chi connectivity index (χ0n) is 17.8. The first-order valence-electron chi connectivity index (χ1n) is 10.6. The molecule has 2 aromatic heterocycles. The standard InChI is InChI=1S/C23H28ClN5O2/c1-23(2,21(30)19-12-18(24)11-16-14-27-28-20(16)19)17-5-9-29(10-6-17)22(31)26-13-15-3-7-25-8-4-15/h3-4,7-8,11-12,14,17,21,30H,5-6,9-10,13H2,1-2H3,(H,26,31)(H,27,28)/t21-/m1/s1. The van der Waals surface area contributed by atoms with Gasteiger partial charge < -0.3 is 15.3 Å². The number of benzene rings is 1. The quantitative estimate of drug-likeness (QED) is 0.550. The van der Waals surface area contributed by atoms with E-state index in [0.717, 1.165) is 34.9 Å². The van der Waals surface area contributed by atoms with Gasteiger partial charge in [0.05, 0.1) is 17.8 Å². The number of nitrogens with one attached hydrogen (secondary N) is 2. The summed E-state index contributed by atoms with van der Waals surface area (Å²) in [5.74, 6) is 0.267. The normalized spacial score (nSPS) is 16.5. The number of rotatable bonds is 5. The molecule has 1 saturated heterocycles. The molecule has 0 aliphatic carbocycles. The molecule has 0 radical (unpaired) electrons. The fraction of sp³-hybridized carbons (Fsp3) is 0.435. The molecular weight excluding hydrogens is 414 g/mol. The van der Waals surface area contributed by atoms with Crippen molar-refractivity contribution in [1.29, 1.82) is 0 Å². The number of carbonyl (C=O) groups is 1. The second kappa shape index (κ2) is 8.85. The number of aromatic amines is 1. The number of aliphatic hydroxyl groups is 1. The number of likely N-dealkylation sites (tertiary alicyclic amines) is 1. The van der Waals surface area contributed by atoms with Gasteiger partial charge in [0.2, 0.25) is 0 Å². The van der Waals surface area contributed by atoms with Gasteiger partial charge in [0.15, 0.2) is 0 Å². The number of halogens is 1. The van der Waals surface area contributed by atoms with Crippen LogP contribution in [0.4, 0.5) is 4.79 Å². The van der Waals surface area contributed by atoms with Crippen LogP contribution in [0.3, 0.4) is 0 Å². The number of fused-ring (bicyclic) bond motifs is 1. The molecule has 3 heterocycles. The molecule has 3 aromatic rings. The van der Waals surface area contributed by atoms with Gasteiger partial charge in [0.25, 0.3) is 0 Å². The zero-order valence-corrected chi connectivity index (χ0v) is 18.6. The average molecular weight is 442 g/mol. The third-order valence-electron chi connectivity index (χ3n) is 6.57. The average Bonchev–Trinajstić information content (AvgIpc) is 3.25. The summed E-state index contributed by atoms with van der Waals surface area (Å²) >= 11 is 6.28. The van der Waals surface area contributed by atoms with Crippen molar-refractivity contribution in [2.45, 2.75) is 39.3 Å². The Bertz CT molecular complexity index is 1040. The van der Waals surface area contributed by atoms with E-state index < -0.39 is 6.10 Å². The Labute approximate surface area is 186 Å². The molecule has 4 rings (SSSR count). The van der Waals surface area contributed by atoms with Crippen molar-refractivity contribution in [2.24, 2.45) is 11.3 Å². The second-order valence-corrected chi connectivity index (χ2v) is 9.27. The van der Waals surface area contributed by atoms with E-state index in [-0.39, 0.29) is 17.4 Å². The number of piperidine rings is 1. The first kappa shape index (κ1) is 21.6. The predicted octanol–water partition coefficient (Wildman–Crippen LogP) is 4.29. The van der Waals surface area contributed by atoms with E-state index in [1.54, 1.807) is 18.6 Å². The second-order valence-electron chi connectivity index (χ2n) is 8.83. The Hall–Kier alpha value is -2.64. The molecule has 1 aromatic carbocycles. The van der Waals surface area contributed by atoms with Crippen LogP contribution in [0.5, 0.6) is 0 Å². The first-order chi connectivity index (χ1) is 14.9. The molecular formula is C23H28ClN5O2. The summed E-state index contributed by atoms with van der Waals surface area (Å²) in [5.41, 5.74) is 2.22. The highest BCUT2D eigenvalue weighted by Crippen LogP contribution is 2.46. The van der Waals surface area contributed by atoms with Crippen LogP contribution in [-0.4, -0.2) is 44.3 Å². The van der Waals surface area contributed by atoms with Crippen molar-refractivity contribution in [3.8, 4) is 0 Å². The van der Waals surface area contributed by atoms with Gasteiger partial charge in [0, 0.05) is 48.0 Å². The number of hydrogen-bond acceptors (Lipinski definition) is 4. The van der Waals surface area contributed by atoms with E-state index in [4.69, 9.17) is 11.6 Å². The molecule has 0 bridgehead atoms. The monoisotopic (exact) mass is 441 g/mol. The molecule has 1 aliphatic rings. The highest BCUT2D eigenvalue weighted by Gasteiger charge is 2.40. The lowest BCUT2D eigenvalue weighted by Crippen LogP contribution is -2.47. The molecule has 7 nitrogen and oxygen atoms in total. The molecule has 0 spiro atoms. The summed E-state index contributed by atoms with van der Waals surface area (Å²) in [6.07, 6.45) is 6.12. The highest BCUT2D eigenvalue weighted by molar-refractivity contribution is 6.31. The largest absolute Gasteiger partial charge is 0.388 e. The first-order valence-corrected chi connectivity index (χ1v) is 11.0. The van der Waals surface area contributed by atoms with E-state index in [9.17, 15) is 9.90 Å². The summed E-state index contributed by atoms with van der Waals surface area (Å²) in [4.78, 5) is 18.4. The molecule has 164 valence electrons. The van der Waals surface area contributed by atoms with Crippen molar-refractivity contribution < 1.29 is 9.90 Å². The topological polar surface area (TPSA) is 94.1 Å². The number of aliphatic hydroxyl groups excluding tert-OH is 1. The number of carbonyl (C=O) groups excluding carboxylic acids is 1. The molecule has 0 saturated carbocycles. The lowest BCUT2D eigenvalue weighted by molar-refractivity contribution is -0.0143. The van der Waals surface area contributed by atoms with Crippen molar-refractivity contribution in [2.75, 3.05) is 13.1 Å². The molecule has 0 unspecified atom stereocenters. The molecule has 2 amide bonds. The fourth-order valence-electron chi connectivity index (χ4n) is 4.50. The molecule has 1 atom stereocenters.